The Labute approximate surface area is 132 Å². The molecule has 2 heterocycles. The average Bonchev–Trinajstić information content (AvgIpc) is 2.78. The van der Waals surface area contributed by atoms with Gasteiger partial charge in [-0.05, 0) is 23.7 Å². The monoisotopic (exact) mass is 317 g/mol. The van der Waals surface area contributed by atoms with E-state index in [0.717, 1.165) is 28.3 Å². The third-order valence-electron chi connectivity index (χ3n) is 3.00. The van der Waals surface area contributed by atoms with Crippen molar-refractivity contribution in [2.45, 2.75) is 12.8 Å². The van der Waals surface area contributed by atoms with E-state index in [1.54, 1.807) is 11.8 Å². The number of hydrazone groups is 1. The third kappa shape index (κ3) is 3.98. The molecule has 21 heavy (non-hydrogen) atoms. The van der Waals surface area contributed by atoms with Gasteiger partial charge in [0, 0.05) is 18.7 Å². The molecule has 4 nitrogen and oxygen atoms in total. The normalized spacial score (nSPS) is 18.5. The van der Waals surface area contributed by atoms with Crippen LogP contribution in [0.15, 0.2) is 46.5 Å². The van der Waals surface area contributed by atoms with Crippen LogP contribution in [-0.2, 0) is 4.79 Å². The number of hydrogen-bond donors (Lipinski definition) is 0. The van der Waals surface area contributed by atoms with Crippen molar-refractivity contribution in [3.8, 4) is 0 Å². The second-order valence-corrected chi connectivity index (χ2v) is 6.83. The number of thioether (sulfide) groups is 2. The van der Waals surface area contributed by atoms with Crippen molar-refractivity contribution in [2.75, 3.05) is 12.3 Å². The molecule has 1 aromatic carbocycles. The van der Waals surface area contributed by atoms with Crippen LogP contribution in [0.2, 0.25) is 0 Å². The number of rotatable bonds is 3. The molecule has 0 bridgehead atoms. The maximum absolute atomic E-state index is 11.5. The Hall–Kier alpha value is -1.53. The number of aliphatic imine (C=N–C) groups is 1. The molecule has 2 aliphatic heterocycles. The lowest BCUT2D eigenvalue weighted by atomic mass is 10.2. The molecule has 0 radical (unpaired) electrons. The molecule has 0 saturated heterocycles. The van der Waals surface area contributed by atoms with E-state index in [4.69, 9.17) is 0 Å². The van der Waals surface area contributed by atoms with Gasteiger partial charge in [0.15, 0.2) is 9.54 Å². The van der Waals surface area contributed by atoms with Crippen molar-refractivity contribution >= 4 is 45.1 Å². The number of hydrogen-bond acceptors (Lipinski definition) is 5. The Morgan fingerprint density at radius 3 is 3.05 bits per heavy atom. The van der Waals surface area contributed by atoms with Crippen LogP contribution in [0.5, 0.6) is 0 Å². The van der Waals surface area contributed by atoms with Crippen LogP contribution in [0.3, 0.4) is 0 Å². The average molecular weight is 317 g/mol. The minimum Gasteiger partial charge on any atom is -0.273 e. The second-order valence-electron chi connectivity index (χ2n) is 4.61. The largest absolute Gasteiger partial charge is 0.273 e. The number of nitrogens with zero attached hydrogens (tertiary/aromatic N) is 3. The van der Waals surface area contributed by atoms with E-state index in [9.17, 15) is 4.79 Å². The molecule has 6 heteroatoms. The van der Waals surface area contributed by atoms with Crippen molar-refractivity contribution in [2.24, 2.45) is 10.1 Å². The van der Waals surface area contributed by atoms with Crippen molar-refractivity contribution < 1.29 is 4.79 Å². The van der Waals surface area contributed by atoms with Gasteiger partial charge in [-0.1, -0.05) is 54.2 Å². The summed E-state index contributed by atoms with van der Waals surface area (Å²) < 4.78 is 0.959. The number of amides is 1. The summed E-state index contributed by atoms with van der Waals surface area (Å²) in [6, 6.07) is 10.2. The van der Waals surface area contributed by atoms with Crippen LogP contribution in [0, 0.1) is 0 Å². The molecule has 0 N–H and O–H groups in total. The molecule has 1 amide bonds. The van der Waals surface area contributed by atoms with Gasteiger partial charge >= 0.3 is 0 Å². The number of carbonyl (C=O) groups excluding carboxylic acids is 1. The third-order valence-corrected chi connectivity index (χ3v) is 5.03. The summed E-state index contributed by atoms with van der Waals surface area (Å²) in [5.41, 5.74) is 1.20. The zero-order chi connectivity index (χ0) is 14.5. The first-order valence-corrected chi connectivity index (χ1v) is 8.61. The second kappa shape index (κ2) is 6.95. The molecule has 0 aromatic heterocycles. The van der Waals surface area contributed by atoms with Gasteiger partial charge in [0.05, 0.1) is 0 Å². The van der Waals surface area contributed by atoms with E-state index in [1.807, 2.05) is 23.2 Å². The first-order chi connectivity index (χ1) is 10.3. The van der Waals surface area contributed by atoms with E-state index >= 15 is 0 Å². The first kappa shape index (κ1) is 14.4. The summed E-state index contributed by atoms with van der Waals surface area (Å²) in [6.45, 7) is 0.779. The number of carbonyl (C=O) groups is 1. The molecule has 108 valence electrons. The predicted molar refractivity (Wildman–Crippen MR) is 91.3 cm³/mol. The van der Waals surface area contributed by atoms with E-state index in [1.165, 1.54) is 17.3 Å². The summed E-state index contributed by atoms with van der Waals surface area (Å²) >= 11 is 3.16. The highest BCUT2D eigenvalue weighted by molar-refractivity contribution is 8.45. The van der Waals surface area contributed by atoms with Gasteiger partial charge in [-0.3, -0.25) is 4.79 Å². The number of benzene rings is 1. The fourth-order valence-electron chi connectivity index (χ4n) is 1.99. The molecule has 0 unspecified atom stereocenters. The Bertz CT molecular complexity index is 611. The molecule has 0 atom stereocenters. The molecule has 0 spiro atoms. The summed E-state index contributed by atoms with van der Waals surface area (Å²) in [5, 5.41) is 7.08. The Morgan fingerprint density at radius 2 is 2.19 bits per heavy atom. The smallest absolute Gasteiger partial charge is 0.248 e. The molecule has 2 aliphatic rings. The summed E-state index contributed by atoms with van der Waals surface area (Å²) in [7, 11) is 0. The van der Waals surface area contributed by atoms with Gasteiger partial charge in [-0.2, -0.15) is 10.1 Å². The lowest BCUT2D eigenvalue weighted by Gasteiger charge is -2.08. The predicted octanol–water partition coefficient (Wildman–Crippen LogP) is 3.43. The van der Waals surface area contributed by atoms with Gasteiger partial charge in [-0.15, -0.1) is 0 Å². The molecule has 3 rings (SSSR count). The topological polar surface area (TPSA) is 45.0 Å². The van der Waals surface area contributed by atoms with Crippen molar-refractivity contribution in [3.05, 3.63) is 42.0 Å². The Balaban J connectivity index is 1.53. The van der Waals surface area contributed by atoms with Crippen molar-refractivity contribution in [3.63, 3.8) is 0 Å². The zero-order valence-electron chi connectivity index (χ0n) is 11.4. The number of amidine groups is 1. The maximum atomic E-state index is 11.5. The van der Waals surface area contributed by atoms with E-state index in [-0.39, 0.29) is 5.91 Å². The van der Waals surface area contributed by atoms with Crippen LogP contribution in [0.1, 0.15) is 18.4 Å². The van der Waals surface area contributed by atoms with Crippen LogP contribution in [0.25, 0.3) is 6.08 Å². The van der Waals surface area contributed by atoms with Gasteiger partial charge in [0.2, 0.25) is 5.91 Å². The highest BCUT2D eigenvalue weighted by atomic mass is 32.2. The van der Waals surface area contributed by atoms with E-state index in [2.05, 4.69) is 34.4 Å². The van der Waals surface area contributed by atoms with Crippen molar-refractivity contribution in [1.82, 2.24) is 5.01 Å². The van der Waals surface area contributed by atoms with Crippen molar-refractivity contribution in [1.29, 1.82) is 0 Å². The van der Waals surface area contributed by atoms with Gasteiger partial charge < -0.3 is 0 Å². The van der Waals surface area contributed by atoms with Crippen LogP contribution in [-0.4, -0.2) is 32.8 Å². The fourth-order valence-corrected chi connectivity index (χ4v) is 3.82. The Kier molecular flexibility index (Phi) is 4.77. The maximum Gasteiger partial charge on any atom is 0.248 e. The minimum atomic E-state index is -0.0366. The summed E-state index contributed by atoms with van der Waals surface area (Å²) in [4.78, 5) is 15.5. The molecule has 0 aliphatic carbocycles. The molecule has 0 saturated carbocycles. The van der Waals surface area contributed by atoms with Gasteiger partial charge in [-0.25, -0.2) is 5.01 Å². The SMILES string of the molecule is O=C1CCCN2N=C(SCC=Cc3ccccc3)SC2=N1. The molecular weight excluding hydrogens is 302 g/mol. The molecule has 0 fully saturated rings. The molecule has 1 aromatic rings. The van der Waals surface area contributed by atoms with Crippen LogP contribution < -0.4 is 0 Å². The van der Waals surface area contributed by atoms with Crippen LogP contribution >= 0.6 is 23.5 Å². The Morgan fingerprint density at radius 1 is 1.33 bits per heavy atom. The van der Waals surface area contributed by atoms with E-state index in [0.29, 0.717) is 6.42 Å². The lowest BCUT2D eigenvalue weighted by molar-refractivity contribution is -0.117. The summed E-state index contributed by atoms with van der Waals surface area (Å²) in [5.74, 6) is 0.820. The highest BCUT2D eigenvalue weighted by Crippen LogP contribution is 2.29. The fraction of sp³-hybridized carbons (Fsp3) is 0.267. The van der Waals surface area contributed by atoms with Gasteiger partial charge in [0.1, 0.15) is 0 Å². The van der Waals surface area contributed by atoms with Crippen LogP contribution in [0.4, 0.5) is 0 Å². The first-order valence-electron chi connectivity index (χ1n) is 6.81. The van der Waals surface area contributed by atoms with Gasteiger partial charge in [0.25, 0.3) is 0 Å². The standard InChI is InChI=1S/C15H15N3OS2/c19-13-9-4-10-18-14(16-13)21-15(17-18)20-11-5-8-12-6-2-1-3-7-12/h1-3,5-8H,4,9-11H2. The lowest BCUT2D eigenvalue weighted by Crippen LogP contribution is -2.18. The quantitative estimate of drug-likeness (QED) is 0.857. The minimum absolute atomic E-state index is 0.0366. The summed E-state index contributed by atoms with van der Waals surface area (Å²) in [6.07, 6.45) is 5.58. The van der Waals surface area contributed by atoms with E-state index < -0.39 is 0 Å². The molecular formula is C15H15N3OS2. The highest BCUT2D eigenvalue weighted by Gasteiger charge is 2.26. The number of fused-ring (bicyclic) bond motifs is 1. The zero-order valence-corrected chi connectivity index (χ0v) is 13.1.